The third-order valence-electron chi connectivity index (χ3n) is 4.03. The fraction of sp³-hybridized carbons (Fsp3) is 0.400. The lowest BCUT2D eigenvalue weighted by Gasteiger charge is -2.21. The molecule has 2 aromatic rings. The number of hydrogen-bond donors (Lipinski definition) is 2. The minimum atomic E-state index is -0.316. The second-order valence-corrected chi connectivity index (χ2v) is 5.87. The van der Waals surface area contributed by atoms with Crippen LogP contribution in [0.4, 0.5) is 0 Å². The summed E-state index contributed by atoms with van der Waals surface area (Å²) < 4.78 is 21.0. The van der Waals surface area contributed by atoms with Gasteiger partial charge in [-0.2, -0.15) is 0 Å². The molecular weight excluding hydrogens is 332 g/mol. The fourth-order valence-electron chi connectivity index (χ4n) is 2.47. The number of benzene rings is 2. The van der Waals surface area contributed by atoms with E-state index >= 15 is 0 Å². The molecular formula is C20H28N2O4. The molecule has 2 unspecified atom stereocenters. The smallest absolute Gasteiger partial charge is 0.119 e. The fourth-order valence-corrected chi connectivity index (χ4v) is 2.47. The summed E-state index contributed by atoms with van der Waals surface area (Å²) in [6.07, 6.45) is 0. The van der Waals surface area contributed by atoms with Gasteiger partial charge in [0.25, 0.3) is 0 Å². The third-order valence-corrected chi connectivity index (χ3v) is 4.03. The van der Waals surface area contributed by atoms with Gasteiger partial charge in [0, 0.05) is 26.3 Å². The highest BCUT2D eigenvalue weighted by Gasteiger charge is 2.17. The molecule has 0 fully saturated rings. The van der Waals surface area contributed by atoms with Crippen molar-refractivity contribution in [3.05, 3.63) is 59.7 Å². The van der Waals surface area contributed by atoms with Gasteiger partial charge in [-0.15, -0.1) is 0 Å². The quantitative estimate of drug-likeness (QED) is 0.598. The van der Waals surface area contributed by atoms with E-state index in [-0.39, 0.29) is 12.1 Å². The van der Waals surface area contributed by atoms with Gasteiger partial charge in [0.2, 0.25) is 0 Å². The Morgan fingerprint density at radius 2 is 0.962 bits per heavy atom. The van der Waals surface area contributed by atoms with E-state index in [1.807, 2.05) is 48.5 Å². The highest BCUT2D eigenvalue weighted by molar-refractivity contribution is 5.34. The summed E-state index contributed by atoms with van der Waals surface area (Å²) in [4.78, 5) is 0. The summed E-state index contributed by atoms with van der Waals surface area (Å²) in [5.41, 5.74) is 14.6. The van der Waals surface area contributed by atoms with E-state index in [2.05, 4.69) is 0 Å². The topological polar surface area (TPSA) is 89.0 Å². The standard InChI is InChI=1S/C20H28N2O4/c1-23-11-13-25-17-7-3-15(4-8-17)19(21)20(22)16-5-9-18(10-6-16)26-14-12-24-2/h3-10,19-20H,11-14,21-22H2,1-2H3. The van der Waals surface area contributed by atoms with Crippen molar-refractivity contribution in [2.75, 3.05) is 40.6 Å². The largest absolute Gasteiger partial charge is 0.491 e. The van der Waals surface area contributed by atoms with Crippen LogP contribution in [0, 0.1) is 0 Å². The van der Waals surface area contributed by atoms with Gasteiger partial charge in [-0.25, -0.2) is 0 Å². The first-order valence-corrected chi connectivity index (χ1v) is 8.60. The Morgan fingerprint density at radius 1 is 0.615 bits per heavy atom. The molecule has 0 spiro atoms. The predicted octanol–water partition coefficient (Wildman–Crippen LogP) is 2.44. The van der Waals surface area contributed by atoms with E-state index in [0.717, 1.165) is 22.6 Å². The maximum absolute atomic E-state index is 6.34. The molecule has 142 valence electrons. The predicted molar refractivity (Wildman–Crippen MR) is 101 cm³/mol. The number of hydrogen-bond acceptors (Lipinski definition) is 6. The second kappa shape index (κ2) is 10.8. The van der Waals surface area contributed by atoms with Crippen LogP contribution >= 0.6 is 0 Å². The first-order valence-electron chi connectivity index (χ1n) is 8.60. The molecule has 0 aliphatic heterocycles. The average molecular weight is 360 g/mol. The highest BCUT2D eigenvalue weighted by Crippen LogP contribution is 2.27. The van der Waals surface area contributed by atoms with Crippen molar-refractivity contribution in [1.82, 2.24) is 0 Å². The van der Waals surface area contributed by atoms with Crippen LogP contribution in [0.3, 0.4) is 0 Å². The number of nitrogens with two attached hydrogens (primary N) is 2. The molecule has 6 nitrogen and oxygen atoms in total. The first-order chi connectivity index (χ1) is 12.7. The van der Waals surface area contributed by atoms with Gasteiger partial charge < -0.3 is 30.4 Å². The van der Waals surface area contributed by atoms with Crippen LogP contribution in [0.1, 0.15) is 23.2 Å². The van der Waals surface area contributed by atoms with Gasteiger partial charge in [-0.1, -0.05) is 24.3 Å². The van der Waals surface area contributed by atoms with Gasteiger partial charge in [0.15, 0.2) is 0 Å². The third kappa shape index (κ3) is 6.00. The van der Waals surface area contributed by atoms with Crippen LogP contribution in [0.15, 0.2) is 48.5 Å². The zero-order valence-electron chi connectivity index (χ0n) is 15.4. The first kappa shape index (κ1) is 20.2. The van der Waals surface area contributed by atoms with Crippen molar-refractivity contribution in [2.24, 2.45) is 11.5 Å². The Bertz CT molecular complexity index is 574. The van der Waals surface area contributed by atoms with Gasteiger partial charge >= 0.3 is 0 Å². The minimum absolute atomic E-state index is 0.316. The van der Waals surface area contributed by atoms with E-state index in [9.17, 15) is 0 Å². The van der Waals surface area contributed by atoms with E-state index in [0.29, 0.717) is 26.4 Å². The Kier molecular flexibility index (Phi) is 8.37. The molecule has 0 aliphatic rings. The van der Waals surface area contributed by atoms with E-state index in [1.54, 1.807) is 14.2 Å². The monoisotopic (exact) mass is 360 g/mol. The van der Waals surface area contributed by atoms with Gasteiger partial charge in [-0.05, 0) is 35.4 Å². The molecule has 2 aromatic carbocycles. The summed E-state index contributed by atoms with van der Waals surface area (Å²) in [7, 11) is 3.29. The molecule has 2 rings (SSSR count). The van der Waals surface area contributed by atoms with Crippen molar-refractivity contribution < 1.29 is 18.9 Å². The van der Waals surface area contributed by atoms with Crippen LogP contribution in [0.2, 0.25) is 0 Å². The average Bonchev–Trinajstić information content (AvgIpc) is 2.68. The molecule has 0 saturated carbocycles. The van der Waals surface area contributed by atoms with Crippen molar-refractivity contribution >= 4 is 0 Å². The maximum atomic E-state index is 6.34. The Morgan fingerprint density at radius 3 is 1.27 bits per heavy atom. The molecule has 4 N–H and O–H groups in total. The Labute approximate surface area is 155 Å². The van der Waals surface area contributed by atoms with Crippen molar-refractivity contribution in [3.63, 3.8) is 0 Å². The lowest BCUT2D eigenvalue weighted by atomic mass is 9.95. The summed E-state index contributed by atoms with van der Waals surface area (Å²) in [5, 5.41) is 0. The summed E-state index contributed by atoms with van der Waals surface area (Å²) in [6, 6.07) is 14.7. The van der Waals surface area contributed by atoms with Gasteiger partial charge in [0.05, 0.1) is 13.2 Å². The number of methoxy groups -OCH3 is 2. The molecule has 26 heavy (non-hydrogen) atoms. The van der Waals surface area contributed by atoms with E-state index in [4.69, 9.17) is 30.4 Å². The molecule has 2 atom stereocenters. The zero-order valence-corrected chi connectivity index (χ0v) is 15.4. The highest BCUT2D eigenvalue weighted by atomic mass is 16.5. The summed E-state index contributed by atoms with van der Waals surface area (Å²) in [6.45, 7) is 2.13. The molecule has 6 heteroatoms. The summed E-state index contributed by atoms with van der Waals surface area (Å²) in [5.74, 6) is 1.56. The van der Waals surface area contributed by atoms with Gasteiger partial charge in [0.1, 0.15) is 24.7 Å². The van der Waals surface area contributed by atoms with Crippen LogP contribution in [-0.4, -0.2) is 40.6 Å². The van der Waals surface area contributed by atoms with Crippen molar-refractivity contribution in [3.8, 4) is 11.5 Å². The van der Waals surface area contributed by atoms with E-state index < -0.39 is 0 Å². The SMILES string of the molecule is COCCOc1ccc(C(N)C(N)c2ccc(OCCOC)cc2)cc1. The Balaban J connectivity index is 1.94. The molecule has 0 heterocycles. The zero-order chi connectivity index (χ0) is 18.8. The minimum Gasteiger partial charge on any atom is -0.491 e. The van der Waals surface area contributed by atoms with Crippen LogP contribution < -0.4 is 20.9 Å². The van der Waals surface area contributed by atoms with Crippen molar-refractivity contribution in [1.29, 1.82) is 0 Å². The van der Waals surface area contributed by atoms with E-state index in [1.165, 1.54) is 0 Å². The molecule has 0 radical (unpaired) electrons. The Hall–Kier alpha value is -2.12. The number of ether oxygens (including phenoxy) is 4. The molecule has 0 saturated heterocycles. The molecule has 0 aromatic heterocycles. The summed E-state index contributed by atoms with van der Waals surface area (Å²) >= 11 is 0. The molecule has 0 amide bonds. The van der Waals surface area contributed by atoms with Crippen molar-refractivity contribution in [2.45, 2.75) is 12.1 Å². The molecule has 0 bridgehead atoms. The van der Waals surface area contributed by atoms with Crippen LogP contribution in [0.25, 0.3) is 0 Å². The van der Waals surface area contributed by atoms with Crippen LogP contribution in [0.5, 0.6) is 11.5 Å². The maximum Gasteiger partial charge on any atom is 0.119 e. The lowest BCUT2D eigenvalue weighted by Crippen LogP contribution is -2.26. The molecule has 0 aliphatic carbocycles. The van der Waals surface area contributed by atoms with Gasteiger partial charge in [-0.3, -0.25) is 0 Å². The normalized spacial score (nSPS) is 13.2. The van der Waals surface area contributed by atoms with Crippen LogP contribution in [-0.2, 0) is 9.47 Å². The lowest BCUT2D eigenvalue weighted by molar-refractivity contribution is 0.146. The number of rotatable bonds is 11. The second-order valence-electron chi connectivity index (χ2n) is 5.87.